The Hall–Kier alpha value is -1.35. The van der Waals surface area contributed by atoms with E-state index in [-0.39, 0.29) is 5.41 Å². The van der Waals surface area contributed by atoms with Gasteiger partial charge in [0.15, 0.2) is 0 Å². The maximum atomic E-state index is 2.55. The molecule has 1 fully saturated rings. The normalized spacial score (nSPS) is 25.7. The van der Waals surface area contributed by atoms with Crippen LogP contribution in [0.2, 0.25) is 0 Å². The molecule has 3 aliphatic rings. The summed E-state index contributed by atoms with van der Waals surface area (Å²) >= 11 is 2.55. The number of rotatable bonds is 1. The second-order valence-electron chi connectivity index (χ2n) is 8.59. The Morgan fingerprint density at radius 3 is 2.65 bits per heavy atom. The first-order chi connectivity index (χ1) is 12.6. The van der Waals surface area contributed by atoms with E-state index in [0.29, 0.717) is 11.8 Å². The van der Waals surface area contributed by atoms with Crippen LogP contribution in [0.1, 0.15) is 62.1 Å². The van der Waals surface area contributed by atoms with Crippen molar-refractivity contribution in [2.24, 2.45) is 5.92 Å². The lowest BCUT2D eigenvalue weighted by atomic mass is 9.70. The molecule has 2 unspecified atom stereocenters. The third kappa shape index (κ3) is 2.39. The predicted molar refractivity (Wildman–Crippen MR) is 119 cm³/mol. The van der Waals surface area contributed by atoms with Crippen LogP contribution in [0.25, 0.3) is 11.1 Å². The minimum atomic E-state index is 0.0972. The van der Waals surface area contributed by atoms with Crippen LogP contribution < -0.4 is 0 Å². The van der Waals surface area contributed by atoms with Crippen LogP contribution in [-0.4, -0.2) is 0 Å². The van der Waals surface area contributed by atoms with Gasteiger partial charge in [0.1, 0.15) is 0 Å². The monoisotopic (exact) mass is 452 g/mol. The largest absolute Gasteiger partial charge is 0.0754 e. The van der Waals surface area contributed by atoms with E-state index in [4.69, 9.17) is 0 Å². The van der Waals surface area contributed by atoms with E-state index in [2.05, 4.69) is 91.1 Å². The molecule has 2 aromatic carbocycles. The molecule has 3 aliphatic carbocycles. The number of benzene rings is 2. The topological polar surface area (TPSA) is 0 Å². The van der Waals surface area contributed by atoms with Gasteiger partial charge in [-0.1, -0.05) is 80.5 Å². The minimum absolute atomic E-state index is 0.0972. The molecule has 0 aliphatic heterocycles. The van der Waals surface area contributed by atoms with Gasteiger partial charge in [-0.2, -0.15) is 0 Å². The highest BCUT2D eigenvalue weighted by molar-refractivity contribution is 14.1. The summed E-state index contributed by atoms with van der Waals surface area (Å²) in [6.45, 7) is 4.76. The van der Waals surface area contributed by atoms with Crippen molar-refractivity contribution >= 4 is 22.6 Å². The molecule has 0 saturated heterocycles. The molecule has 2 atom stereocenters. The molecule has 0 heterocycles. The molecule has 0 bridgehead atoms. The van der Waals surface area contributed by atoms with Crippen LogP contribution in [0, 0.1) is 5.92 Å². The van der Waals surface area contributed by atoms with E-state index in [1.807, 2.05) is 0 Å². The fourth-order valence-corrected chi connectivity index (χ4v) is 6.31. The lowest BCUT2D eigenvalue weighted by molar-refractivity contribution is 0.416. The lowest BCUT2D eigenvalue weighted by Gasteiger charge is -2.35. The quantitative estimate of drug-likeness (QED) is 0.393. The second-order valence-corrected chi connectivity index (χ2v) is 9.75. The molecule has 1 heteroatoms. The summed E-state index contributed by atoms with van der Waals surface area (Å²) in [4.78, 5) is 0. The van der Waals surface area contributed by atoms with Gasteiger partial charge in [-0.05, 0) is 75.6 Å². The molecular formula is C25H25I. The van der Waals surface area contributed by atoms with Crippen molar-refractivity contribution in [3.8, 4) is 11.1 Å². The van der Waals surface area contributed by atoms with Gasteiger partial charge < -0.3 is 0 Å². The molecule has 0 nitrogen and oxygen atoms in total. The fourth-order valence-electron chi connectivity index (χ4n) is 5.43. The third-order valence-electron chi connectivity index (χ3n) is 6.84. The van der Waals surface area contributed by atoms with Crippen LogP contribution in [-0.2, 0) is 5.41 Å². The molecule has 1 saturated carbocycles. The zero-order chi connectivity index (χ0) is 17.9. The van der Waals surface area contributed by atoms with E-state index < -0.39 is 0 Å². The third-order valence-corrected chi connectivity index (χ3v) is 7.89. The highest BCUT2D eigenvalue weighted by Gasteiger charge is 2.37. The van der Waals surface area contributed by atoms with Crippen molar-refractivity contribution in [3.05, 3.63) is 80.5 Å². The smallest absolute Gasteiger partial charge is 0.0158 e. The molecule has 0 spiro atoms. The summed E-state index contributed by atoms with van der Waals surface area (Å²) in [6, 6.07) is 16.2. The average Bonchev–Trinajstić information content (AvgIpc) is 2.90. The first-order valence-corrected chi connectivity index (χ1v) is 11.0. The predicted octanol–water partition coefficient (Wildman–Crippen LogP) is 7.53. The molecule has 0 amide bonds. The maximum Gasteiger partial charge on any atom is 0.0158 e. The number of hydrogen-bond donors (Lipinski definition) is 0. The van der Waals surface area contributed by atoms with Crippen LogP contribution in [0.15, 0.2) is 63.8 Å². The Kier molecular flexibility index (Phi) is 3.93. The van der Waals surface area contributed by atoms with Gasteiger partial charge in [0.05, 0.1) is 0 Å². The summed E-state index contributed by atoms with van der Waals surface area (Å²) in [6.07, 6.45) is 10.2. The molecule has 2 aromatic rings. The molecule has 0 aromatic heterocycles. The number of halogens is 1. The summed E-state index contributed by atoms with van der Waals surface area (Å²) in [5, 5.41) is 0. The fraction of sp³-hybridized carbons (Fsp3) is 0.360. The van der Waals surface area contributed by atoms with Crippen molar-refractivity contribution in [2.75, 3.05) is 0 Å². The molecule has 132 valence electrons. The van der Waals surface area contributed by atoms with Crippen LogP contribution in [0.3, 0.4) is 0 Å². The number of hydrogen-bond acceptors (Lipinski definition) is 0. The van der Waals surface area contributed by atoms with Gasteiger partial charge >= 0.3 is 0 Å². The Morgan fingerprint density at radius 1 is 0.962 bits per heavy atom. The van der Waals surface area contributed by atoms with E-state index in [1.165, 1.54) is 57.1 Å². The highest BCUT2D eigenvalue weighted by Crippen LogP contribution is 2.51. The van der Waals surface area contributed by atoms with E-state index >= 15 is 0 Å². The number of allylic oxidation sites excluding steroid dienone is 4. The Labute approximate surface area is 170 Å². The molecule has 0 radical (unpaired) electrons. The van der Waals surface area contributed by atoms with Gasteiger partial charge in [-0.25, -0.2) is 0 Å². The SMILES string of the molecule is CC1(C)c2ccccc2-c2ccc(C3C=CC(I)=C4CCCCC43)cc21. The molecule has 5 rings (SSSR count). The van der Waals surface area contributed by atoms with Gasteiger partial charge in [-0.15, -0.1) is 0 Å². The van der Waals surface area contributed by atoms with Gasteiger partial charge in [0.2, 0.25) is 0 Å². The highest BCUT2D eigenvalue weighted by atomic mass is 127. The summed E-state index contributed by atoms with van der Waals surface area (Å²) < 4.78 is 1.50. The number of fused-ring (bicyclic) bond motifs is 4. The second kappa shape index (κ2) is 6.09. The van der Waals surface area contributed by atoms with Gasteiger partial charge in [-0.3, -0.25) is 0 Å². The average molecular weight is 452 g/mol. The zero-order valence-electron chi connectivity index (χ0n) is 15.6. The van der Waals surface area contributed by atoms with Crippen molar-refractivity contribution < 1.29 is 0 Å². The van der Waals surface area contributed by atoms with Crippen LogP contribution in [0.5, 0.6) is 0 Å². The summed E-state index contributed by atoms with van der Waals surface area (Å²) in [5.74, 6) is 1.26. The molecule has 26 heavy (non-hydrogen) atoms. The first kappa shape index (κ1) is 16.8. The van der Waals surface area contributed by atoms with Crippen molar-refractivity contribution in [3.63, 3.8) is 0 Å². The van der Waals surface area contributed by atoms with Crippen molar-refractivity contribution in [2.45, 2.75) is 50.9 Å². The maximum absolute atomic E-state index is 2.55. The minimum Gasteiger partial charge on any atom is -0.0754 e. The molecule has 0 N–H and O–H groups in total. The van der Waals surface area contributed by atoms with Crippen LogP contribution in [0.4, 0.5) is 0 Å². The van der Waals surface area contributed by atoms with Gasteiger partial charge in [0.25, 0.3) is 0 Å². The van der Waals surface area contributed by atoms with Crippen molar-refractivity contribution in [1.29, 1.82) is 0 Å². The van der Waals surface area contributed by atoms with Crippen LogP contribution >= 0.6 is 22.6 Å². The van der Waals surface area contributed by atoms with E-state index in [0.717, 1.165) is 0 Å². The molecular weight excluding hydrogens is 427 g/mol. The Morgan fingerprint density at radius 2 is 1.77 bits per heavy atom. The Bertz CT molecular complexity index is 944. The standard InChI is InChI=1S/C25H25I/c1-25(2)22-10-6-5-8-19(22)20-12-11-16(15-23(20)25)17-13-14-24(26)21-9-4-3-7-18(17)21/h5-6,8,10-15,17-18H,3-4,7,9H2,1-2H3. The Balaban J connectivity index is 1.60. The van der Waals surface area contributed by atoms with Gasteiger partial charge in [0, 0.05) is 14.9 Å². The summed E-state index contributed by atoms with van der Waals surface area (Å²) in [7, 11) is 0. The zero-order valence-corrected chi connectivity index (χ0v) is 17.7. The summed E-state index contributed by atoms with van der Waals surface area (Å²) in [5.41, 5.74) is 9.15. The van der Waals surface area contributed by atoms with E-state index in [1.54, 1.807) is 5.57 Å². The van der Waals surface area contributed by atoms with Crippen molar-refractivity contribution in [1.82, 2.24) is 0 Å². The lowest BCUT2D eigenvalue weighted by Crippen LogP contribution is -2.21. The first-order valence-electron chi connectivity index (χ1n) is 9.88. The van der Waals surface area contributed by atoms with E-state index in [9.17, 15) is 0 Å².